The second-order valence-electron chi connectivity index (χ2n) is 4.96. The van der Waals surface area contributed by atoms with Gasteiger partial charge in [-0.2, -0.15) is 0 Å². The van der Waals surface area contributed by atoms with Crippen molar-refractivity contribution in [1.82, 2.24) is 10.2 Å². The highest BCUT2D eigenvalue weighted by atomic mass is 16.6. The van der Waals surface area contributed by atoms with Crippen molar-refractivity contribution < 1.29 is 19.1 Å². The predicted molar refractivity (Wildman–Crippen MR) is 77.3 cm³/mol. The van der Waals surface area contributed by atoms with Gasteiger partial charge in [0.2, 0.25) is 12.0 Å². The van der Waals surface area contributed by atoms with Crippen LogP contribution in [0.5, 0.6) is 11.5 Å². The molecule has 0 saturated carbocycles. The fourth-order valence-corrected chi connectivity index (χ4v) is 2.08. The highest BCUT2D eigenvalue weighted by molar-refractivity contribution is 5.81. The van der Waals surface area contributed by atoms with Crippen LogP contribution in [0.4, 0.5) is 0 Å². The Bertz CT molecular complexity index is 518. The molecule has 1 aliphatic rings. The van der Waals surface area contributed by atoms with E-state index in [1.165, 1.54) is 6.92 Å². The minimum Gasteiger partial charge on any atom is -0.485 e. The van der Waals surface area contributed by atoms with Crippen LogP contribution in [0.2, 0.25) is 0 Å². The summed E-state index contributed by atoms with van der Waals surface area (Å²) in [6.45, 7) is 2.80. The quantitative estimate of drug-likeness (QED) is 0.816. The summed E-state index contributed by atoms with van der Waals surface area (Å²) in [5, 5.41) is 2.70. The number of amides is 2. The smallest absolute Gasteiger partial charge is 0.267 e. The minimum atomic E-state index is -0.620. The summed E-state index contributed by atoms with van der Waals surface area (Å²) in [6.07, 6.45) is 0.0806. The van der Waals surface area contributed by atoms with Crippen molar-refractivity contribution >= 4 is 11.8 Å². The maximum absolute atomic E-state index is 12.3. The van der Waals surface area contributed by atoms with E-state index in [9.17, 15) is 9.59 Å². The van der Waals surface area contributed by atoms with Crippen LogP contribution in [0.25, 0.3) is 0 Å². The zero-order chi connectivity index (χ0) is 15.2. The van der Waals surface area contributed by atoms with Crippen molar-refractivity contribution in [3.05, 3.63) is 24.3 Å². The Morgan fingerprint density at radius 2 is 2.05 bits per heavy atom. The zero-order valence-corrected chi connectivity index (χ0v) is 12.3. The molecule has 0 aromatic heterocycles. The Kier molecular flexibility index (Phi) is 5.03. The first-order valence-corrected chi connectivity index (χ1v) is 6.96. The number of ether oxygens (including phenoxy) is 2. The fourth-order valence-electron chi connectivity index (χ4n) is 2.08. The number of para-hydroxylation sites is 2. The monoisotopic (exact) mass is 292 g/mol. The summed E-state index contributed by atoms with van der Waals surface area (Å²) in [5.41, 5.74) is 0. The topological polar surface area (TPSA) is 67.9 Å². The normalized spacial score (nSPS) is 16.2. The fraction of sp³-hybridized carbons (Fsp3) is 0.467. The van der Waals surface area contributed by atoms with E-state index in [1.807, 2.05) is 18.2 Å². The molecule has 0 unspecified atom stereocenters. The molecular formula is C15H20N2O4. The Morgan fingerprint density at radius 3 is 2.76 bits per heavy atom. The second-order valence-corrected chi connectivity index (χ2v) is 4.96. The number of nitrogens with zero attached hydrogens (tertiary/aromatic N) is 1. The first-order valence-electron chi connectivity index (χ1n) is 6.96. The molecule has 1 heterocycles. The number of hydrogen-bond donors (Lipinski definition) is 1. The van der Waals surface area contributed by atoms with Gasteiger partial charge in [0, 0.05) is 27.1 Å². The molecule has 114 valence electrons. The third kappa shape index (κ3) is 4.11. The van der Waals surface area contributed by atoms with Gasteiger partial charge in [-0.3, -0.25) is 9.59 Å². The van der Waals surface area contributed by atoms with Crippen molar-refractivity contribution in [3.8, 4) is 11.5 Å². The van der Waals surface area contributed by atoms with Crippen molar-refractivity contribution in [3.63, 3.8) is 0 Å². The summed E-state index contributed by atoms with van der Waals surface area (Å²) < 4.78 is 11.2. The molecular weight excluding hydrogens is 272 g/mol. The maximum Gasteiger partial charge on any atom is 0.267 e. The Balaban J connectivity index is 1.82. The van der Waals surface area contributed by atoms with Gasteiger partial charge in [-0.1, -0.05) is 12.1 Å². The van der Waals surface area contributed by atoms with Gasteiger partial charge in [0.05, 0.1) is 0 Å². The molecule has 0 spiro atoms. The van der Waals surface area contributed by atoms with Gasteiger partial charge in [-0.15, -0.1) is 0 Å². The molecule has 0 radical (unpaired) electrons. The average molecular weight is 292 g/mol. The van der Waals surface area contributed by atoms with Crippen LogP contribution in [-0.2, 0) is 9.59 Å². The molecule has 0 fully saturated rings. The van der Waals surface area contributed by atoms with Crippen molar-refractivity contribution in [2.75, 3.05) is 26.7 Å². The number of likely N-dealkylation sites (N-methyl/N-ethyl adjacent to an activating group) is 1. The average Bonchev–Trinajstić information content (AvgIpc) is 2.50. The summed E-state index contributed by atoms with van der Waals surface area (Å²) in [5.74, 6) is 1.07. The molecule has 1 aliphatic heterocycles. The van der Waals surface area contributed by atoms with E-state index in [-0.39, 0.29) is 18.4 Å². The Labute approximate surface area is 124 Å². The number of fused-ring (bicyclic) bond motifs is 1. The van der Waals surface area contributed by atoms with Gasteiger partial charge in [-0.25, -0.2) is 0 Å². The zero-order valence-electron chi connectivity index (χ0n) is 12.3. The van der Waals surface area contributed by atoms with E-state index in [0.717, 1.165) is 0 Å². The first kappa shape index (κ1) is 15.2. The van der Waals surface area contributed by atoms with Crippen molar-refractivity contribution in [2.45, 2.75) is 19.4 Å². The summed E-state index contributed by atoms with van der Waals surface area (Å²) >= 11 is 0. The molecule has 1 aromatic rings. The first-order chi connectivity index (χ1) is 10.1. The van der Waals surface area contributed by atoms with Gasteiger partial charge in [0.25, 0.3) is 5.91 Å². The number of rotatable bonds is 5. The van der Waals surface area contributed by atoms with Crippen molar-refractivity contribution in [1.29, 1.82) is 0 Å². The van der Waals surface area contributed by atoms with Gasteiger partial charge in [0.1, 0.15) is 6.61 Å². The lowest BCUT2D eigenvalue weighted by Gasteiger charge is -2.28. The summed E-state index contributed by atoms with van der Waals surface area (Å²) in [7, 11) is 1.72. The van der Waals surface area contributed by atoms with Crippen molar-refractivity contribution in [2.24, 2.45) is 0 Å². The van der Waals surface area contributed by atoms with E-state index in [0.29, 0.717) is 31.0 Å². The SMILES string of the molecule is CC(=O)NCCCN(C)C(=O)[C@H]1COc2ccccc2O1. The molecule has 21 heavy (non-hydrogen) atoms. The lowest BCUT2D eigenvalue weighted by Crippen LogP contribution is -2.45. The van der Waals surface area contributed by atoms with Crippen LogP contribution >= 0.6 is 0 Å². The Hall–Kier alpha value is -2.24. The maximum atomic E-state index is 12.3. The number of hydrogen-bond acceptors (Lipinski definition) is 4. The Morgan fingerprint density at radius 1 is 1.33 bits per heavy atom. The third-order valence-corrected chi connectivity index (χ3v) is 3.20. The van der Waals surface area contributed by atoms with E-state index in [2.05, 4.69) is 5.32 Å². The highest BCUT2D eigenvalue weighted by Crippen LogP contribution is 2.31. The molecule has 1 aromatic carbocycles. The minimum absolute atomic E-state index is 0.0652. The summed E-state index contributed by atoms with van der Waals surface area (Å²) in [6, 6.07) is 7.30. The van der Waals surface area contributed by atoms with Gasteiger partial charge < -0.3 is 19.7 Å². The molecule has 1 N–H and O–H groups in total. The lowest BCUT2D eigenvalue weighted by molar-refractivity contribution is -0.139. The highest BCUT2D eigenvalue weighted by Gasteiger charge is 2.29. The summed E-state index contributed by atoms with van der Waals surface area (Å²) in [4.78, 5) is 24.6. The molecule has 6 nitrogen and oxygen atoms in total. The molecule has 2 amide bonds. The standard InChI is InChI=1S/C15H20N2O4/c1-11(18)16-8-5-9-17(2)15(19)14-10-20-12-6-3-4-7-13(12)21-14/h3-4,6-7,14H,5,8-10H2,1-2H3,(H,16,18)/t14-/m1/s1. The van der Waals surface area contributed by atoms with Gasteiger partial charge in [0.15, 0.2) is 11.5 Å². The number of carbonyl (C=O) groups is 2. The van der Waals surface area contributed by atoms with Crippen LogP contribution in [0, 0.1) is 0 Å². The second kappa shape index (κ2) is 6.97. The predicted octanol–water partition coefficient (Wildman–Crippen LogP) is 0.811. The van der Waals surface area contributed by atoms with E-state index >= 15 is 0 Å². The molecule has 6 heteroatoms. The van der Waals surface area contributed by atoms with E-state index in [1.54, 1.807) is 18.0 Å². The van der Waals surface area contributed by atoms with Gasteiger partial charge >= 0.3 is 0 Å². The van der Waals surface area contributed by atoms with Crippen LogP contribution < -0.4 is 14.8 Å². The van der Waals surface area contributed by atoms with Crippen LogP contribution in [0.1, 0.15) is 13.3 Å². The molecule has 2 rings (SSSR count). The van der Waals surface area contributed by atoms with E-state index < -0.39 is 6.10 Å². The van der Waals surface area contributed by atoms with Crippen LogP contribution in [0.3, 0.4) is 0 Å². The lowest BCUT2D eigenvalue weighted by atomic mass is 10.2. The molecule has 0 bridgehead atoms. The number of nitrogens with one attached hydrogen (secondary N) is 1. The van der Waals surface area contributed by atoms with E-state index in [4.69, 9.17) is 9.47 Å². The van der Waals surface area contributed by atoms with Crippen LogP contribution in [-0.4, -0.2) is 49.6 Å². The third-order valence-electron chi connectivity index (χ3n) is 3.20. The molecule has 1 atom stereocenters. The largest absolute Gasteiger partial charge is 0.485 e. The number of carbonyl (C=O) groups excluding carboxylic acids is 2. The van der Waals surface area contributed by atoms with Gasteiger partial charge in [-0.05, 0) is 18.6 Å². The van der Waals surface area contributed by atoms with Crippen LogP contribution in [0.15, 0.2) is 24.3 Å². The molecule has 0 saturated heterocycles. The number of benzene rings is 1. The molecule has 0 aliphatic carbocycles.